The summed E-state index contributed by atoms with van der Waals surface area (Å²) in [5.74, 6) is 0.739. The molecule has 0 aliphatic rings. The Kier molecular flexibility index (Phi) is 3.17. The molecule has 0 spiro atoms. The second-order valence-electron chi connectivity index (χ2n) is 3.24. The summed E-state index contributed by atoms with van der Waals surface area (Å²) in [5.41, 5.74) is 2.06. The fourth-order valence-electron chi connectivity index (χ4n) is 1.22. The Bertz CT molecular complexity index is 460. The van der Waals surface area contributed by atoms with Crippen molar-refractivity contribution in [2.24, 2.45) is 0 Å². The van der Waals surface area contributed by atoms with Gasteiger partial charge in [-0.05, 0) is 30.7 Å². The van der Waals surface area contributed by atoms with Crippen LogP contribution in [0.3, 0.4) is 0 Å². The lowest BCUT2D eigenvalue weighted by molar-refractivity contribution is 1.14. The summed E-state index contributed by atoms with van der Waals surface area (Å²) in [4.78, 5) is 8.56. The van der Waals surface area contributed by atoms with E-state index >= 15 is 0 Å². The van der Waals surface area contributed by atoms with Gasteiger partial charge in [-0.3, -0.25) is 0 Å². The fourth-order valence-corrected chi connectivity index (χ4v) is 2.52. The summed E-state index contributed by atoms with van der Waals surface area (Å²) in [7, 11) is 0. The van der Waals surface area contributed by atoms with Gasteiger partial charge in [-0.25, -0.2) is 9.97 Å². The molecule has 4 heteroatoms. The van der Waals surface area contributed by atoms with Crippen molar-refractivity contribution in [2.45, 2.75) is 6.92 Å². The lowest BCUT2D eigenvalue weighted by Crippen LogP contribution is -1.89. The first-order valence-electron chi connectivity index (χ1n) is 4.40. The fraction of sp³-hybridized carbons (Fsp3) is 0.0909. The molecule has 15 heavy (non-hydrogen) atoms. The predicted molar refractivity (Wildman–Crippen MR) is 67.6 cm³/mol. The van der Waals surface area contributed by atoms with Crippen LogP contribution < -0.4 is 0 Å². The van der Waals surface area contributed by atoms with E-state index in [1.807, 2.05) is 37.5 Å². The topological polar surface area (TPSA) is 25.8 Å². The summed E-state index contributed by atoms with van der Waals surface area (Å²) in [6.07, 6.45) is 3.63. The van der Waals surface area contributed by atoms with Crippen LogP contribution >= 0.6 is 31.9 Å². The molecule has 0 N–H and O–H groups in total. The third kappa shape index (κ3) is 2.63. The number of hydrogen-bond acceptors (Lipinski definition) is 2. The maximum absolute atomic E-state index is 4.28. The number of rotatable bonds is 1. The lowest BCUT2D eigenvalue weighted by atomic mass is 10.2. The molecular weight excluding hydrogens is 320 g/mol. The zero-order valence-electron chi connectivity index (χ0n) is 8.04. The Balaban J connectivity index is 2.49. The van der Waals surface area contributed by atoms with Crippen molar-refractivity contribution in [2.75, 3.05) is 0 Å². The molecule has 0 unspecified atom stereocenters. The van der Waals surface area contributed by atoms with Crippen molar-refractivity contribution >= 4 is 31.9 Å². The van der Waals surface area contributed by atoms with E-state index in [0.29, 0.717) is 0 Å². The van der Waals surface area contributed by atoms with E-state index in [1.165, 1.54) is 0 Å². The van der Waals surface area contributed by atoms with Crippen LogP contribution in [0.25, 0.3) is 11.4 Å². The maximum Gasteiger partial charge on any atom is 0.159 e. The highest BCUT2D eigenvalue weighted by atomic mass is 79.9. The molecule has 2 rings (SSSR count). The van der Waals surface area contributed by atoms with Gasteiger partial charge in [0, 0.05) is 26.9 Å². The summed E-state index contributed by atoms with van der Waals surface area (Å²) in [6, 6.07) is 5.97. The Hall–Kier alpha value is -0.740. The largest absolute Gasteiger partial charge is 0.236 e. The normalized spacial score (nSPS) is 10.3. The SMILES string of the molecule is Cc1cnc(-c2cc(Br)cc(Br)c2)nc1. The number of halogens is 2. The molecule has 1 aromatic carbocycles. The lowest BCUT2D eigenvalue weighted by Gasteiger charge is -2.02. The van der Waals surface area contributed by atoms with Gasteiger partial charge in [0.25, 0.3) is 0 Å². The maximum atomic E-state index is 4.28. The molecule has 0 fully saturated rings. The van der Waals surface area contributed by atoms with Gasteiger partial charge in [0.15, 0.2) is 5.82 Å². The van der Waals surface area contributed by atoms with E-state index in [0.717, 1.165) is 25.9 Å². The smallest absolute Gasteiger partial charge is 0.159 e. The van der Waals surface area contributed by atoms with Gasteiger partial charge in [0.05, 0.1) is 0 Å². The number of aromatic nitrogens is 2. The molecule has 0 bridgehead atoms. The summed E-state index contributed by atoms with van der Waals surface area (Å²) in [6.45, 7) is 1.97. The van der Waals surface area contributed by atoms with Gasteiger partial charge in [0.2, 0.25) is 0 Å². The van der Waals surface area contributed by atoms with Crippen molar-refractivity contribution in [1.29, 1.82) is 0 Å². The van der Waals surface area contributed by atoms with Crippen LogP contribution in [-0.4, -0.2) is 9.97 Å². The van der Waals surface area contributed by atoms with Crippen molar-refractivity contribution in [1.82, 2.24) is 9.97 Å². The molecule has 1 heterocycles. The highest BCUT2D eigenvalue weighted by molar-refractivity contribution is 9.11. The van der Waals surface area contributed by atoms with Crippen molar-refractivity contribution in [3.05, 3.63) is 45.1 Å². The van der Waals surface area contributed by atoms with Crippen LogP contribution in [-0.2, 0) is 0 Å². The van der Waals surface area contributed by atoms with Crippen LogP contribution in [0.5, 0.6) is 0 Å². The van der Waals surface area contributed by atoms with Gasteiger partial charge in [-0.1, -0.05) is 31.9 Å². The molecule has 0 saturated heterocycles. The van der Waals surface area contributed by atoms with E-state index < -0.39 is 0 Å². The molecular formula is C11H8Br2N2. The first kappa shape index (κ1) is 10.8. The second-order valence-corrected chi connectivity index (χ2v) is 5.07. The Morgan fingerprint density at radius 1 is 0.933 bits per heavy atom. The quantitative estimate of drug-likeness (QED) is 0.791. The molecule has 0 saturated carbocycles. The van der Waals surface area contributed by atoms with Crippen LogP contribution in [0.15, 0.2) is 39.5 Å². The number of nitrogens with zero attached hydrogens (tertiary/aromatic N) is 2. The third-order valence-electron chi connectivity index (χ3n) is 1.90. The summed E-state index contributed by atoms with van der Waals surface area (Å²) >= 11 is 6.88. The van der Waals surface area contributed by atoms with E-state index in [2.05, 4.69) is 41.8 Å². The van der Waals surface area contributed by atoms with Gasteiger partial charge >= 0.3 is 0 Å². The van der Waals surface area contributed by atoms with E-state index in [1.54, 1.807) is 0 Å². The average molecular weight is 328 g/mol. The second kappa shape index (κ2) is 4.41. The minimum absolute atomic E-state index is 0.739. The molecule has 2 aromatic rings. The average Bonchev–Trinajstić information content (AvgIpc) is 2.17. The number of aryl methyl sites for hydroxylation is 1. The van der Waals surface area contributed by atoms with E-state index in [-0.39, 0.29) is 0 Å². The molecule has 2 nitrogen and oxygen atoms in total. The van der Waals surface area contributed by atoms with E-state index in [4.69, 9.17) is 0 Å². The van der Waals surface area contributed by atoms with Crippen molar-refractivity contribution < 1.29 is 0 Å². The van der Waals surface area contributed by atoms with Gasteiger partial charge < -0.3 is 0 Å². The first-order chi connectivity index (χ1) is 7.15. The Morgan fingerprint density at radius 2 is 1.47 bits per heavy atom. The van der Waals surface area contributed by atoms with Crippen LogP contribution in [0.4, 0.5) is 0 Å². The van der Waals surface area contributed by atoms with Crippen molar-refractivity contribution in [3.63, 3.8) is 0 Å². The Labute approximate surface area is 105 Å². The highest BCUT2D eigenvalue weighted by Gasteiger charge is 2.02. The molecule has 0 aliphatic heterocycles. The predicted octanol–water partition coefficient (Wildman–Crippen LogP) is 3.98. The van der Waals surface area contributed by atoms with E-state index in [9.17, 15) is 0 Å². The third-order valence-corrected chi connectivity index (χ3v) is 2.82. The van der Waals surface area contributed by atoms with Gasteiger partial charge in [-0.2, -0.15) is 0 Å². The molecule has 0 amide bonds. The zero-order chi connectivity index (χ0) is 10.8. The monoisotopic (exact) mass is 326 g/mol. The minimum Gasteiger partial charge on any atom is -0.236 e. The molecule has 0 radical (unpaired) electrons. The zero-order valence-corrected chi connectivity index (χ0v) is 11.2. The number of benzene rings is 1. The minimum atomic E-state index is 0.739. The van der Waals surface area contributed by atoms with Crippen LogP contribution in [0, 0.1) is 6.92 Å². The highest BCUT2D eigenvalue weighted by Crippen LogP contribution is 2.25. The summed E-state index contributed by atoms with van der Waals surface area (Å²) < 4.78 is 2.02. The summed E-state index contributed by atoms with van der Waals surface area (Å²) in [5, 5.41) is 0. The molecule has 0 atom stereocenters. The standard InChI is InChI=1S/C11H8Br2N2/c1-7-5-14-11(15-6-7)8-2-9(12)4-10(13)3-8/h2-6H,1H3. The molecule has 0 aliphatic carbocycles. The van der Waals surface area contributed by atoms with Gasteiger partial charge in [-0.15, -0.1) is 0 Å². The van der Waals surface area contributed by atoms with Gasteiger partial charge in [0.1, 0.15) is 0 Å². The van der Waals surface area contributed by atoms with Crippen molar-refractivity contribution in [3.8, 4) is 11.4 Å². The number of hydrogen-bond donors (Lipinski definition) is 0. The van der Waals surface area contributed by atoms with Crippen LogP contribution in [0.1, 0.15) is 5.56 Å². The molecule has 76 valence electrons. The first-order valence-corrected chi connectivity index (χ1v) is 5.99. The Morgan fingerprint density at radius 3 is 2.00 bits per heavy atom. The molecule has 1 aromatic heterocycles. The van der Waals surface area contributed by atoms with Crippen LogP contribution in [0.2, 0.25) is 0 Å².